The number of benzene rings is 2. The van der Waals surface area contributed by atoms with Crippen LogP contribution in [0.2, 0.25) is 0 Å². The third-order valence-corrected chi connectivity index (χ3v) is 3.69. The van der Waals surface area contributed by atoms with E-state index in [1.807, 2.05) is 48.5 Å². The highest BCUT2D eigenvalue weighted by molar-refractivity contribution is 5.99. The molecule has 22 heavy (non-hydrogen) atoms. The second-order valence-corrected chi connectivity index (χ2v) is 5.34. The normalized spacial score (nSPS) is 12.8. The number of carbonyl (C=O) groups excluding carboxylic acids is 1. The van der Waals surface area contributed by atoms with E-state index in [2.05, 4.69) is 17.4 Å². The molecule has 0 aliphatic carbocycles. The number of carbonyl (C=O) groups is 1. The van der Waals surface area contributed by atoms with Crippen molar-refractivity contribution in [3.63, 3.8) is 0 Å². The van der Waals surface area contributed by atoms with Crippen LogP contribution < -0.4 is 10.1 Å². The molecule has 0 saturated heterocycles. The first-order valence-corrected chi connectivity index (χ1v) is 7.57. The van der Waals surface area contributed by atoms with Crippen LogP contribution in [0, 0.1) is 0 Å². The van der Waals surface area contributed by atoms with Crippen LogP contribution in [0.3, 0.4) is 0 Å². The molecule has 0 fully saturated rings. The molecule has 3 rings (SSSR count). The van der Waals surface area contributed by atoms with Crippen LogP contribution in [-0.4, -0.2) is 19.1 Å². The first kappa shape index (κ1) is 14.4. The Balaban J connectivity index is 1.50. The maximum atomic E-state index is 12.2. The van der Waals surface area contributed by atoms with Crippen molar-refractivity contribution in [2.45, 2.75) is 12.8 Å². The lowest BCUT2D eigenvalue weighted by atomic mass is 10.1. The number of hydrogen-bond donors (Lipinski definition) is 1. The topological polar surface area (TPSA) is 38.3 Å². The number of rotatable bonds is 5. The van der Waals surface area contributed by atoms with Crippen LogP contribution in [0.5, 0.6) is 5.75 Å². The Bertz CT molecular complexity index is 677. The summed E-state index contributed by atoms with van der Waals surface area (Å²) >= 11 is 0. The van der Waals surface area contributed by atoms with Crippen LogP contribution >= 0.6 is 0 Å². The van der Waals surface area contributed by atoms with Crippen LogP contribution in [0.25, 0.3) is 6.08 Å². The molecule has 0 radical (unpaired) electrons. The molecule has 3 heteroatoms. The summed E-state index contributed by atoms with van der Waals surface area (Å²) in [5.41, 5.74) is 2.94. The van der Waals surface area contributed by atoms with E-state index in [0.29, 0.717) is 18.7 Å². The summed E-state index contributed by atoms with van der Waals surface area (Å²) in [6.45, 7) is 1.01. The molecule has 0 unspecified atom stereocenters. The maximum Gasteiger partial charge on any atom is 0.250 e. The molecule has 1 heterocycles. The molecule has 1 aliphatic rings. The van der Waals surface area contributed by atoms with Gasteiger partial charge in [-0.25, -0.2) is 0 Å². The van der Waals surface area contributed by atoms with Gasteiger partial charge in [-0.2, -0.15) is 0 Å². The summed E-state index contributed by atoms with van der Waals surface area (Å²) in [6, 6.07) is 18.1. The highest BCUT2D eigenvalue weighted by atomic mass is 16.5. The fourth-order valence-electron chi connectivity index (χ4n) is 2.50. The van der Waals surface area contributed by atoms with Gasteiger partial charge in [-0.1, -0.05) is 48.5 Å². The highest BCUT2D eigenvalue weighted by Crippen LogP contribution is 2.25. The zero-order chi connectivity index (χ0) is 15.2. The molecular formula is C19H19NO2. The summed E-state index contributed by atoms with van der Waals surface area (Å²) in [5, 5.41) is 2.97. The zero-order valence-electron chi connectivity index (χ0n) is 12.4. The number of amides is 1. The molecule has 0 aromatic heterocycles. The number of ether oxygens (including phenoxy) is 1. The van der Waals surface area contributed by atoms with Crippen LogP contribution in [-0.2, 0) is 11.2 Å². The number of nitrogens with one attached hydrogen (secondary N) is 1. The van der Waals surface area contributed by atoms with Gasteiger partial charge < -0.3 is 10.1 Å². The second-order valence-electron chi connectivity index (χ2n) is 5.34. The fraction of sp³-hybridized carbons (Fsp3) is 0.211. The van der Waals surface area contributed by atoms with Crippen molar-refractivity contribution in [3.8, 4) is 5.75 Å². The van der Waals surface area contributed by atoms with E-state index in [1.165, 1.54) is 5.56 Å². The molecule has 0 atom stereocenters. The van der Waals surface area contributed by atoms with Crippen molar-refractivity contribution >= 4 is 12.0 Å². The van der Waals surface area contributed by atoms with E-state index in [0.717, 1.165) is 24.2 Å². The number of aryl methyl sites for hydroxylation is 1. The average Bonchev–Trinajstić information content (AvgIpc) is 2.59. The minimum atomic E-state index is -0.0393. The van der Waals surface area contributed by atoms with Crippen molar-refractivity contribution in [1.82, 2.24) is 5.32 Å². The molecule has 112 valence electrons. The first-order chi connectivity index (χ1) is 10.8. The Labute approximate surface area is 130 Å². The SMILES string of the molecule is O=C(NCCCc1ccccc1)C1=Cc2ccccc2OC1. The standard InChI is InChI=1S/C19H19NO2/c21-19(20-12-6-9-15-7-2-1-3-8-15)17-13-16-10-4-5-11-18(16)22-14-17/h1-5,7-8,10-11,13H,6,9,12,14H2,(H,20,21). The summed E-state index contributed by atoms with van der Waals surface area (Å²) in [7, 11) is 0. The van der Waals surface area contributed by atoms with Gasteiger partial charge in [0.2, 0.25) is 0 Å². The van der Waals surface area contributed by atoms with Gasteiger partial charge in [-0.3, -0.25) is 4.79 Å². The Morgan fingerprint density at radius 2 is 1.82 bits per heavy atom. The van der Waals surface area contributed by atoms with E-state index in [4.69, 9.17) is 4.74 Å². The number of hydrogen-bond acceptors (Lipinski definition) is 2. The maximum absolute atomic E-state index is 12.2. The summed E-state index contributed by atoms with van der Waals surface area (Å²) < 4.78 is 5.60. The van der Waals surface area contributed by atoms with Gasteiger partial charge in [0.1, 0.15) is 12.4 Å². The quantitative estimate of drug-likeness (QED) is 0.860. The van der Waals surface area contributed by atoms with Crippen molar-refractivity contribution in [3.05, 3.63) is 71.3 Å². The van der Waals surface area contributed by atoms with Gasteiger partial charge in [0.25, 0.3) is 5.91 Å². The second kappa shape index (κ2) is 6.94. The van der Waals surface area contributed by atoms with E-state index in [-0.39, 0.29) is 5.91 Å². The Morgan fingerprint density at radius 1 is 1.05 bits per heavy atom. The lowest BCUT2D eigenvalue weighted by Gasteiger charge is -2.17. The predicted molar refractivity (Wildman–Crippen MR) is 87.7 cm³/mol. The molecule has 1 aliphatic heterocycles. The fourth-order valence-corrected chi connectivity index (χ4v) is 2.50. The molecule has 0 saturated carbocycles. The van der Waals surface area contributed by atoms with Gasteiger partial charge >= 0.3 is 0 Å². The van der Waals surface area contributed by atoms with Crippen molar-refractivity contribution in [2.24, 2.45) is 0 Å². The van der Waals surface area contributed by atoms with Crippen molar-refractivity contribution in [2.75, 3.05) is 13.2 Å². The molecule has 0 bridgehead atoms. The number of fused-ring (bicyclic) bond motifs is 1. The van der Waals surface area contributed by atoms with Crippen LogP contribution in [0.1, 0.15) is 17.5 Å². The lowest BCUT2D eigenvalue weighted by molar-refractivity contribution is -0.117. The van der Waals surface area contributed by atoms with Gasteiger partial charge in [-0.05, 0) is 30.5 Å². The van der Waals surface area contributed by atoms with E-state index >= 15 is 0 Å². The third kappa shape index (κ3) is 3.55. The summed E-state index contributed by atoms with van der Waals surface area (Å²) in [4.78, 5) is 12.2. The minimum absolute atomic E-state index is 0.0393. The Hall–Kier alpha value is -2.55. The predicted octanol–water partition coefficient (Wildman–Crippen LogP) is 3.21. The van der Waals surface area contributed by atoms with Gasteiger partial charge in [-0.15, -0.1) is 0 Å². The van der Waals surface area contributed by atoms with Gasteiger partial charge in [0.05, 0.1) is 5.57 Å². The number of para-hydroxylation sites is 1. The van der Waals surface area contributed by atoms with Crippen LogP contribution in [0.4, 0.5) is 0 Å². The van der Waals surface area contributed by atoms with Gasteiger partial charge in [0, 0.05) is 12.1 Å². The van der Waals surface area contributed by atoms with Gasteiger partial charge in [0.15, 0.2) is 0 Å². The minimum Gasteiger partial charge on any atom is -0.488 e. The molecule has 2 aromatic carbocycles. The van der Waals surface area contributed by atoms with Crippen LogP contribution in [0.15, 0.2) is 60.2 Å². The molecule has 1 N–H and O–H groups in total. The smallest absolute Gasteiger partial charge is 0.250 e. The first-order valence-electron chi connectivity index (χ1n) is 7.57. The monoisotopic (exact) mass is 293 g/mol. The summed E-state index contributed by atoms with van der Waals surface area (Å²) in [6.07, 6.45) is 3.81. The van der Waals surface area contributed by atoms with Crippen molar-refractivity contribution < 1.29 is 9.53 Å². The average molecular weight is 293 g/mol. The van der Waals surface area contributed by atoms with Crippen molar-refractivity contribution in [1.29, 1.82) is 0 Å². The zero-order valence-corrected chi connectivity index (χ0v) is 12.4. The molecule has 1 amide bonds. The Kier molecular flexibility index (Phi) is 4.54. The lowest BCUT2D eigenvalue weighted by Crippen LogP contribution is -2.29. The Morgan fingerprint density at radius 3 is 2.68 bits per heavy atom. The highest BCUT2D eigenvalue weighted by Gasteiger charge is 2.16. The molecule has 2 aromatic rings. The molecule has 0 spiro atoms. The van der Waals surface area contributed by atoms with E-state index in [1.54, 1.807) is 0 Å². The largest absolute Gasteiger partial charge is 0.488 e. The van der Waals surface area contributed by atoms with E-state index < -0.39 is 0 Å². The molecule has 3 nitrogen and oxygen atoms in total. The summed E-state index contributed by atoms with van der Waals surface area (Å²) in [5.74, 6) is 0.797. The third-order valence-electron chi connectivity index (χ3n) is 3.69. The molecular weight excluding hydrogens is 274 g/mol. The van der Waals surface area contributed by atoms with E-state index in [9.17, 15) is 4.79 Å².